The van der Waals surface area contributed by atoms with Gasteiger partial charge in [-0.1, -0.05) is 23.9 Å². The topological polar surface area (TPSA) is 60.9 Å². The molecule has 0 aliphatic heterocycles. The molecule has 0 aliphatic rings. The minimum absolute atomic E-state index is 0.625. The van der Waals surface area contributed by atoms with Gasteiger partial charge in [0.2, 0.25) is 5.16 Å². The predicted octanol–water partition coefficient (Wildman–Crippen LogP) is 3.22. The highest BCUT2D eigenvalue weighted by atomic mass is 32.2. The van der Waals surface area contributed by atoms with Crippen molar-refractivity contribution in [2.75, 3.05) is 0 Å². The molecule has 0 amide bonds. The molecule has 0 atom stereocenters. The molecule has 0 spiro atoms. The molecule has 7 heteroatoms. The average Bonchev–Trinajstić information content (AvgIpc) is 3.15. The van der Waals surface area contributed by atoms with Crippen LogP contribution < -0.4 is 0 Å². The zero-order valence-electron chi connectivity index (χ0n) is 13.4. The fourth-order valence-corrected chi connectivity index (χ4v) is 3.33. The molecule has 3 aromatic heterocycles. The third kappa shape index (κ3) is 2.90. The normalized spacial score (nSPS) is 11.2. The van der Waals surface area contributed by atoms with Gasteiger partial charge < -0.3 is 0 Å². The molecule has 0 unspecified atom stereocenters. The lowest BCUT2D eigenvalue weighted by Gasteiger charge is -2.05. The van der Waals surface area contributed by atoms with Crippen molar-refractivity contribution in [2.24, 2.45) is 0 Å². The van der Waals surface area contributed by atoms with Crippen molar-refractivity contribution in [3.05, 3.63) is 65.7 Å². The Bertz CT molecular complexity index is 953. The Morgan fingerprint density at radius 3 is 2.62 bits per heavy atom. The molecule has 0 N–H and O–H groups in total. The van der Waals surface area contributed by atoms with Crippen LogP contribution in [0.4, 0.5) is 0 Å². The first-order chi connectivity index (χ1) is 11.7. The molecule has 4 rings (SSSR count). The van der Waals surface area contributed by atoms with Crippen LogP contribution in [0.3, 0.4) is 0 Å². The van der Waals surface area contributed by atoms with E-state index in [0.717, 1.165) is 28.0 Å². The number of fused-ring (bicyclic) bond motifs is 1. The van der Waals surface area contributed by atoms with E-state index in [1.165, 1.54) is 5.56 Å². The maximum atomic E-state index is 4.51. The SMILES string of the molecule is Cc1cc(C)n(-c2ccc(CSc3nc4ncccn4n3)cc2)n1. The fraction of sp³-hybridized carbons (Fsp3) is 0.176. The molecule has 120 valence electrons. The van der Waals surface area contributed by atoms with Gasteiger partial charge >= 0.3 is 0 Å². The number of aryl methyl sites for hydroxylation is 2. The highest BCUT2D eigenvalue weighted by molar-refractivity contribution is 7.98. The van der Waals surface area contributed by atoms with E-state index in [0.29, 0.717) is 5.78 Å². The van der Waals surface area contributed by atoms with Crippen molar-refractivity contribution < 1.29 is 0 Å². The minimum Gasteiger partial charge on any atom is -0.238 e. The number of thioether (sulfide) groups is 1. The van der Waals surface area contributed by atoms with Crippen LogP contribution in [0, 0.1) is 13.8 Å². The van der Waals surface area contributed by atoms with Crippen LogP contribution >= 0.6 is 11.8 Å². The molecule has 0 aliphatic carbocycles. The summed E-state index contributed by atoms with van der Waals surface area (Å²) >= 11 is 1.60. The van der Waals surface area contributed by atoms with Gasteiger partial charge in [-0.05, 0) is 43.7 Å². The Kier molecular flexibility index (Phi) is 3.78. The van der Waals surface area contributed by atoms with Gasteiger partial charge in [-0.2, -0.15) is 10.1 Å². The Morgan fingerprint density at radius 1 is 1.08 bits per heavy atom. The fourth-order valence-electron chi connectivity index (χ4n) is 2.55. The van der Waals surface area contributed by atoms with E-state index < -0.39 is 0 Å². The van der Waals surface area contributed by atoms with Crippen molar-refractivity contribution in [3.8, 4) is 5.69 Å². The first-order valence-electron chi connectivity index (χ1n) is 7.62. The van der Waals surface area contributed by atoms with Gasteiger partial charge in [0.1, 0.15) is 0 Å². The van der Waals surface area contributed by atoms with Crippen LogP contribution in [-0.2, 0) is 5.75 Å². The van der Waals surface area contributed by atoms with E-state index in [2.05, 4.69) is 57.4 Å². The largest absolute Gasteiger partial charge is 0.253 e. The number of benzene rings is 1. The highest BCUT2D eigenvalue weighted by Crippen LogP contribution is 2.21. The van der Waals surface area contributed by atoms with Gasteiger partial charge in [-0.25, -0.2) is 14.2 Å². The molecular weight excluding hydrogens is 320 g/mol. The minimum atomic E-state index is 0.625. The molecule has 6 nitrogen and oxygen atoms in total. The number of rotatable bonds is 4. The summed E-state index contributed by atoms with van der Waals surface area (Å²) in [6, 6.07) is 12.3. The second kappa shape index (κ2) is 6.09. The number of aromatic nitrogens is 6. The van der Waals surface area contributed by atoms with Crippen LogP contribution in [0.5, 0.6) is 0 Å². The van der Waals surface area contributed by atoms with Crippen LogP contribution in [0.1, 0.15) is 17.0 Å². The molecule has 0 radical (unpaired) electrons. The number of hydrogen-bond acceptors (Lipinski definition) is 5. The summed E-state index contributed by atoms with van der Waals surface area (Å²) in [6.45, 7) is 4.07. The first kappa shape index (κ1) is 14.9. The summed E-state index contributed by atoms with van der Waals surface area (Å²) < 4.78 is 3.65. The lowest BCUT2D eigenvalue weighted by atomic mass is 10.2. The van der Waals surface area contributed by atoms with Crippen molar-refractivity contribution in [3.63, 3.8) is 0 Å². The van der Waals surface area contributed by atoms with Crippen LogP contribution in [0.2, 0.25) is 0 Å². The van der Waals surface area contributed by atoms with Gasteiger partial charge in [-0.15, -0.1) is 5.10 Å². The predicted molar refractivity (Wildman–Crippen MR) is 93.4 cm³/mol. The van der Waals surface area contributed by atoms with E-state index in [1.54, 1.807) is 22.5 Å². The van der Waals surface area contributed by atoms with Crippen molar-refractivity contribution in [1.29, 1.82) is 0 Å². The van der Waals surface area contributed by atoms with Crippen molar-refractivity contribution >= 4 is 17.5 Å². The molecular formula is C17H16N6S. The third-order valence-electron chi connectivity index (χ3n) is 3.66. The quantitative estimate of drug-likeness (QED) is 0.536. The Balaban J connectivity index is 1.48. The van der Waals surface area contributed by atoms with Gasteiger partial charge in [0.25, 0.3) is 5.78 Å². The molecule has 0 bridgehead atoms. The van der Waals surface area contributed by atoms with Crippen LogP contribution in [0.15, 0.2) is 53.9 Å². The maximum absolute atomic E-state index is 4.51. The number of hydrogen-bond donors (Lipinski definition) is 0. The smallest absolute Gasteiger partial charge is 0.238 e. The second-order valence-electron chi connectivity index (χ2n) is 5.55. The molecule has 0 saturated heterocycles. The third-order valence-corrected chi connectivity index (χ3v) is 4.56. The highest BCUT2D eigenvalue weighted by Gasteiger charge is 2.06. The summed E-state index contributed by atoms with van der Waals surface area (Å²) in [6.07, 6.45) is 3.57. The van der Waals surface area contributed by atoms with E-state index in [-0.39, 0.29) is 0 Å². The molecule has 0 fully saturated rings. The maximum Gasteiger partial charge on any atom is 0.253 e. The number of nitrogens with zero attached hydrogens (tertiary/aromatic N) is 6. The summed E-state index contributed by atoms with van der Waals surface area (Å²) in [7, 11) is 0. The van der Waals surface area contributed by atoms with Gasteiger partial charge in [0, 0.05) is 23.8 Å². The molecule has 4 aromatic rings. The van der Waals surface area contributed by atoms with E-state index in [9.17, 15) is 0 Å². The zero-order chi connectivity index (χ0) is 16.5. The van der Waals surface area contributed by atoms with E-state index in [1.807, 2.05) is 23.9 Å². The van der Waals surface area contributed by atoms with Crippen LogP contribution in [0.25, 0.3) is 11.5 Å². The zero-order valence-corrected chi connectivity index (χ0v) is 14.2. The standard InChI is InChI=1S/C17H16N6S/c1-12-10-13(2)23(20-12)15-6-4-14(5-7-15)11-24-17-19-16-18-8-3-9-22(16)21-17/h3-10H,11H2,1-2H3. The van der Waals surface area contributed by atoms with E-state index >= 15 is 0 Å². The Morgan fingerprint density at radius 2 is 1.92 bits per heavy atom. The van der Waals surface area contributed by atoms with Crippen LogP contribution in [-0.4, -0.2) is 29.4 Å². The van der Waals surface area contributed by atoms with Crippen molar-refractivity contribution in [2.45, 2.75) is 24.8 Å². The monoisotopic (exact) mass is 336 g/mol. The van der Waals surface area contributed by atoms with Gasteiger partial charge in [-0.3, -0.25) is 0 Å². The summed E-state index contributed by atoms with van der Waals surface area (Å²) in [5, 5.41) is 9.64. The Labute approximate surface area is 143 Å². The second-order valence-corrected chi connectivity index (χ2v) is 6.50. The van der Waals surface area contributed by atoms with Crippen molar-refractivity contribution in [1.82, 2.24) is 29.4 Å². The molecule has 3 heterocycles. The molecule has 0 saturated carbocycles. The van der Waals surface area contributed by atoms with Gasteiger partial charge in [0.15, 0.2) is 0 Å². The summed E-state index contributed by atoms with van der Waals surface area (Å²) in [4.78, 5) is 8.58. The average molecular weight is 336 g/mol. The Hall–Kier alpha value is -2.67. The molecule has 24 heavy (non-hydrogen) atoms. The first-order valence-corrected chi connectivity index (χ1v) is 8.60. The summed E-state index contributed by atoms with van der Waals surface area (Å²) in [5.41, 5.74) is 4.45. The lowest BCUT2D eigenvalue weighted by molar-refractivity contribution is 0.833. The van der Waals surface area contributed by atoms with Gasteiger partial charge in [0.05, 0.1) is 11.4 Å². The van der Waals surface area contributed by atoms with E-state index in [4.69, 9.17) is 0 Å². The lowest BCUT2D eigenvalue weighted by Crippen LogP contribution is -1.98. The molecule has 1 aromatic carbocycles. The summed E-state index contributed by atoms with van der Waals surface area (Å²) in [5.74, 6) is 1.44.